The van der Waals surface area contributed by atoms with E-state index < -0.39 is 0 Å². The van der Waals surface area contributed by atoms with Gasteiger partial charge in [-0.05, 0) is 49.6 Å². The van der Waals surface area contributed by atoms with Gasteiger partial charge >= 0.3 is 0 Å². The van der Waals surface area contributed by atoms with Crippen LogP contribution in [0.1, 0.15) is 23.7 Å². The van der Waals surface area contributed by atoms with Gasteiger partial charge in [-0.3, -0.25) is 14.9 Å². The molecule has 0 bridgehead atoms. The van der Waals surface area contributed by atoms with Gasteiger partial charge in [0.25, 0.3) is 0 Å². The van der Waals surface area contributed by atoms with Crippen LogP contribution in [0.25, 0.3) is 0 Å². The third-order valence-electron chi connectivity index (χ3n) is 5.26. The summed E-state index contributed by atoms with van der Waals surface area (Å²) in [6, 6.07) is 9.35. The Morgan fingerprint density at radius 1 is 1.16 bits per heavy atom. The smallest absolute Gasteiger partial charge is 0.194 e. The van der Waals surface area contributed by atoms with Crippen LogP contribution in [-0.2, 0) is 13.0 Å². The molecule has 0 unspecified atom stereocenters. The average Bonchev–Trinajstić information content (AvgIpc) is 2.75. The third-order valence-corrected chi connectivity index (χ3v) is 5.26. The van der Waals surface area contributed by atoms with Crippen molar-refractivity contribution in [2.75, 3.05) is 46.4 Å². The van der Waals surface area contributed by atoms with Crippen LogP contribution in [0.2, 0.25) is 0 Å². The van der Waals surface area contributed by atoms with E-state index in [1.54, 1.807) is 12.1 Å². The number of hydrogen-bond donors (Lipinski definition) is 1. The molecule has 170 valence electrons. The summed E-state index contributed by atoms with van der Waals surface area (Å²) in [5, 5.41) is 3.41. The molecule has 0 saturated carbocycles. The first-order valence-electron chi connectivity index (χ1n) is 10.6. The van der Waals surface area contributed by atoms with Gasteiger partial charge in [0, 0.05) is 57.7 Å². The first-order valence-corrected chi connectivity index (χ1v) is 10.6. The summed E-state index contributed by atoms with van der Waals surface area (Å²) in [7, 11) is 1.48. The van der Waals surface area contributed by atoms with E-state index >= 15 is 0 Å². The van der Waals surface area contributed by atoms with Gasteiger partial charge in [-0.15, -0.1) is 24.0 Å². The normalized spacial score (nSPS) is 14.8. The van der Waals surface area contributed by atoms with Crippen LogP contribution in [0.15, 0.2) is 41.5 Å². The van der Waals surface area contributed by atoms with E-state index in [2.05, 4.69) is 33.1 Å². The lowest BCUT2D eigenvalue weighted by Crippen LogP contribution is -2.52. The molecule has 1 aromatic carbocycles. The predicted octanol–water partition coefficient (Wildman–Crippen LogP) is 3.48. The van der Waals surface area contributed by atoms with Gasteiger partial charge in [0.05, 0.1) is 7.11 Å². The van der Waals surface area contributed by atoms with E-state index in [4.69, 9.17) is 9.73 Å². The molecule has 6 nitrogen and oxygen atoms in total. The number of rotatable bonds is 7. The highest BCUT2D eigenvalue weighted by Crippen LogP contribution is 2.19. The largest absolute Gasteiger partial charge is 0.494 e. The molecule has 0 aliphatic carbocycles. The Balaban J connectivity index is 0.00000341. The minimum absolute atomic E-state index is 0. The minimum atomic E-state index is -0.307. The van der Waals surface area contributed by atoms with Crippen LogP contribution in [0.4, 0.5) is 4.39 Å². The van der Waals surface area contributed by atoms with Crippen molar-refractivity contribution in [3.63, 3.8) is 0 Å². The maximum absolute atomic E-state index is 13.9. The lowest BCUT2D eigenvalue weighted by atomic mass is 10.2. The number of piperazine rings is 1. The monoisotopic (exact) mass is 541 g/mol. The van der Waals surface area contributed by atoms with E-state index in [0.29, 0.717) is 0 Å². The number of methoxy groups -OCH3 is 1. The van der Waals surface area contributed by atoms with Crippen LogP contribution in [0.5, 0.6) is 5.75 Å². The average molecular weight is 541 g/mol. The second-order valence-corrected chi connectivity index (χ2v) is 7.53. The third kappa shape index (κ3) is 7.60. The molecule has 2 heterocycles. The minimum Gasteiger partial charge on any atom is -0.494 e. The highest BCUT2D eigenvalue weighted by molar-refractivity contribution is 14.0. The molecular weight excluding hydrogens is 508 g/mol. The zero-order valence-electron chi connectivity index (χ0n) is 18.6. The molecule has 2 aromatic rings. The molecule has 1 aliphatic heterocycles. The number of nitrogens with zero attached hydrogens (tertiary/aromatic N) is 4. The molecule has 1 aliphatic rings. The van der Waals surface area contributed by atoms with Gasteiger partial charge in [0.2, 0.25) is 0 Å². The maximum Gasteiger partial charge on any atom is 0.194 e. The number of pyridine rings is 1. The molecule has 3 rings (SSSR count). The Labute approximate surface area is 201 Å². The second kappa shape index (κ2) is 12.8. The van der Waals surface area contributed by atoms with Crippen molar-refractivity contribution in [3.05, 3.63) is 59.2 Å². The van der Waals surface area contributed by atoms with Crippen molar-refractivity contribution in [3.8, 4) is 5.75 Å². The molecule has 0 spiro atoms. The first-order chi connectivity index (χ1) is 14.6. The van der Waals surface area contributed by atoms with E-state index in [1.165, 1.54) is 12.7 Å². The van der Waals surface area contributed by atoms with Crippen LogP contribution in [-0.4, -0.2) is 67.1 Å². The van der Waals surface area contributed by atoms with E-state index in [0.717, 1.165) is 69.5 Å². The molecule has 8 heteroatoms. The van der Waals surface area contributed by atoms with E-state index in [1.807, 2.05) is 25.3 Å². The Morgan fingerprint density at radius 3 is 2.52 bits per heavy atom. The van der Waals surface area contributed by atoms with Gasteiger partial charge in [0.1, 0.15) is 0 Å². The zero-order chi connectivity index (χ0) is 21.3. The highest BCUT2D eigenvalue weighted by atomic mass is 127. The summed E-state index contributed by atoms with van der Waals surface area (Å²) in [6.07, 6.45) is 2.81. The summed E-state index contributed by atoms with van der Waals surface area (Å²) in [4.78, 5) is 13.8. The Kier molecular flexibility index (Phi) is 10.5. The number of aromatic nitrogens is 1. The zero-order valence-corrected chi connectivity index (χ0v) is 20.9. The molecule has 31 heavy (non-hydrogen) atoms. The molecule has 1 saturated heterocycles. The number of hydrogen-bond acceptors (Lipinski definition) is 4. The lowest BCUT2D eigenvalue weighted by Gasteiger charge is -2.36. The summed E-state index contributed by atoms with van der Waals surface area (Å²) >= 11 is 0. The maximum atomic E-state index is 13.9. The van der Waals surface area contributed by atoms with Crippen molar-refractivity contribution in [2.24, 2.45) is 4.99 Å². The van der Waals surface area contributed by atoms with Crippen molar-refractivity contribution in [2.45, 2.75) is 26.8 Å². The Hall–Kier alpha value is -1.94. The van der Waals surface area contributed by atoms with Crippen molar-refractivity contribution in [1.29, 1.82) is 0 Å². The quantitative estimate of drug-likeness (QED) is 0.331. The summed E-state index contributed by atoms with van der Waals surface area (Å²) in [5.41, 5.74) is 3.21. The molecular formula is C23H33FIN5O. The molecule has 1 fully saturated rings. The SMILES string of the molecule is CCNC(=NCCc1ccc(C)nc1)N1CCN(Cc2ccc(OC)c(F)c2)CC1.I. The fraction of sp³-hybridized carbons (Fsp3) is 0.478. The second-order valence-electron chi connectivity index (χ2n) is 7.53. The van der Waals surface area contributed by atoms with Crippen molar-refractivity contribution in [1.82, 2.24) is 20.1 Å². The fourth-order valence-corrected chi connectivity index (χ4v) is 3.55. The topological polar surface area (TPSA) is 53.0 Å². The van der Waals surface area contributed by atoms with E-state index in [-0.39, 0.29) is 35.5 Å². The number of nitrogens with one attached hydrogen (secondary N) is 1. The Morgan fingerprint density at radius 2 is 1.90 bits per heavy atom. The van der Waals surface area contributed by atoms with Gasteiger partial charge in [0.15, 0.2) is 17.5 Å². The lowest BCUT2D eigenvalue weighted by molar-refractivity contribution is 0.172. The van der Waals surface area contributed by atoms with Gasteiger partial charge in [-0.1, -0.05) is 12.1 Å². The molecule has 1 aromatic heterocycles. The standard InChI is InChI=1S/C23H32FN5O.HI/c1-4-25-23(26-10-9-19-6-5-18(2)27-16-19)29-13-11-28(12-14-29)17-20-7-8-22(30-3)21(24)15-20;/h5-8,15-16H,4,9-14,17H2,1-3H3,(H,25,26);1H. The van der Waals surface area contributed by atoms with Gasteiger partial charge < -0.3 is 15.0 Å². The number of halogens is 2. The highest BCUT2D eigenvalue weighted by Gasteiger charge is 2.20. The van der Waals surface area contributed by atoms with E-state index in [9.17, 15) is 4.39 Å². The summed E-state index contributed by atoms with van der Waals surface area (Å²) in [5.74, 6) is 0.947. The number of aryl methyl sites for hydroxylation is 1. The number of aliphatic imine (C=N–C) groups is 1. The first kappa shape index (κ1) is 25.3. The molecule has 0 radical (unpaired) electrons. The van der Waals surface area contributed by atoms with Crippen molar-refractivity contribution < 1.29 is 9.13 Å². The number of benzene rings is 1. The Bertz CT molecular complexity index is 838. The van der Waals surface area contributed by atoms with Crippen LogP contribution >= 0.6 is 24.0 Å². The van der Waals surface area contributed by atoms with Crippen LogP contribution < -0.4 is 10.1 Å². The summed E-state index contributed by atoms with van der Waals surface area (Å²) in [6.45, 7) is 10.0. The molecule has 1 N–H and O–H groups in total. The van der Waals surface area contributed by atoms with Crippen molar-refractivity contribution >= 4 is 29.9 Å². The molecule has 0 atom stereocenters. The predicted molar refractivity (Wildman–Crippen MR) is 134 cm³/mol. The van der Waals surface area contributed by atoms with Gasteiger partial charge in [-0.2, -0.15) is 0 Å². The fourth-order valence-electron chi connectivity index (χ4n) is 3.55. The van der Waals surface area contributed by atoms with Gasteiger partial charge in [-0.25, -0.2) is 4.39 Å². The van der Waals surface area contributed by atoms with Crippen LogP contribution in [0.3, 0.4) is 0 Å². The summed E-state index contributed by atoms with van der Waals surface area (Å²) < 4.78 is 18.9. The molecule has 0 amide bonds. The number of guanidine groups is 1. The van der Waals surface area contributed by atoms with Crippen LogP contribution in [0, 0.1) is 12.7 Å². The number of ether oxygens (including phenoxy) is 1.